The number of aliphatic carboxylic acids is 1. The molecule has 0 saturated heterocycles. The van der Waals surface area contributed by atoms with Gasteiger partial charge in [0.25, 0.3) is 0 Å². The van der Waals surface area contributed by atoms with Crippen molar-refractivity contribution in [1.82, 2.24) is 10.2 Å². The molecular formula is C10H19N3O4. The van der Waals surface area contributed by atoms with Crippen molar-refractivity contribution in [1.29, 1.82) is 0 Å². The van der Waals surface area contributed by atoms with E-state index in [1.165, 1.54) is 4.90 Å². The largest absolute Gasteiger partial charge is 0.480 e. The van der Waals surface area contributed by atoms with Crippen LogP contribution in [-0.2, 0) is 9.59 Å². The van der Waals surface area contributed by atoms with Crippen LogP contribution >= 0.6 is 0 Å². The number of carboxylic acids is 1. The molecule has 0 rings (SSSR count). The monoisotopic (exact) mass is 245 g/mol. The maximum atomic E-state index is 11.5. The highest BCUT2D eigenvalue weighted by Crippen LogP contribution is 1.93. The molecule has 0 spiro atoms. The molecule has 0 aromatic carbocycles. The first-order valence-electron chi connectivity index (χ1n) is 5.50. The first kappa shape index (κ1) is 15.2. The van der Waals surface area contributed by atoms with E-state index in [0.29, 0.717) is 25.9 Å². The van der Waals surface area contributed by atoms with E-state index in [0.717, 1.165) is 0 Å². The smallest absolute Gasteiger partial charge is 0.323 e. The maximum Gasteiger partial charge on any atom is 0.323 e. The second-order valence-corrected chi connectivity index (χ2v) is 3.62. The summed E-state index contributed by atoms with van der Waals surface area (Å²) in [5.74, 6) is -1.47. The van der Waals surface area contributed by atoms with Gasteiger partial charge in [-0.2, -0.15) is 0 Å². The van der Waals surface area contributed by atoms with Gasteiger partial charge in [0, 0.05) is 19.5 Å². The molecule has 7 heteroatoms. The van der Waals surface area contributed by atoms with Gasteiger partial charge in [0.1, 0.15) is 6.54 Å². The van der Waals surface area contributed by atoms with Crippen molar-refractivity contribution in [2.75, 3.05) is 19.6 Å². The number of carbonyl (C=O) groups excluding carboxylic acids is 2. The topological polar surface area (TPSA) is 113 Å². The highest BCUT2D eigenvalue weighted by molar-refractivity contribution is 5.80. The van der Waals surface area contributed by atoms with Gasteiger partial charge in [0.2, 0.25) is 5.91 Å². The summed E-state index contributed by atoms with van der Waals surface area (Å²) in [6.07, 6.45) is 1.34. The Morgan fingerprint density at radius 1 is 1.35 bits per heavy atom. The van der Waals surface area contributed by atoms with Crippen molar-refractivity contribution in [3.05, 3.63) is 0 Å². The molecule has 17 heavy (non-hydrogen) atoms. The fourth-order valence-electron chi connectivity index (χ4n) is 1.26. The fourth-order valence-corrected chi connectivity index (χ4v) is 1.26. The standard InChI is InChI=1S/C10H19N3O4/c1-2-6-13(7-9(15)16)10(17)12-5-3-4-8(11)14/h2-7H2,1H3,(H2,11,14)(H,12,17)(H,15,16). The molecule has 0 aliphatic heterocycles. The molecule has 0 aliphatic carbocycles. The summed E-state index contributed by atoms with van der Waals surface area (Å²) in [6.45, 7) is 2.22. The minimum absolute atomic E-state index is 0.201. The normalized spacial score (nSPS) is 9.71. The van der Waals surface area contributed by atoms with Gasteiger partial charge in [-0.3, -0.25) is 9.59 Å². The van der Waals surface area contributed by atoms with E-state index < -0.39 is 17.9 Å². The van der Waals surface area contributed by atoms with E-state index >= 15 is 0 Å². The quantitative estimate of drug-likeness (QED) is 0.512. The number of nitrogens with zero attached hydrogens (tertiary/aromatic N) is 1. The van der Waals surface area contributed by atoms with E-state index in [1.54, 1.807) is 0 Å². The summed E-state index contributed by atoms with van der Waals surface area (Å²) in [4.78, 5) is 33.7. The van der Waals surface area contributed by atoms with Crippen LogP contribution in [0.5, 0.6) is 0 Å². The van der Waals surface area contributed by atoms with Crippen LogP contribution in [0.1, 0.15) is 26.2 Å². The molecule has 0 aliphatic rings. The Bertz CT molecular complexity index is 281. The molecule has 0 aromatic heterocycles. The van der Waals surface area contributed by atoms with Gasteiger partial charge >= 0.3 is 12.0 Å². The number of amides is 3. The first-order chi connectivity index (χ1) is 7.97. The predicted octanol–water partition coefficient (Wildman–Crippen LogP) is -0.242. The molecule has 4 N–H and O–H groups in total. The van der Waals surface area contributed by atoms with Crippen LogP contribution in [0.3, 0.4) is 0 Å². The molecule has 0 radical (unpaired) electrons. The van der Waals surface area contributed by atoms with E-state index in [4.69, 9.17) is 10.8 Å². The number of urea groups is 1. The van der Waals surface area contributed by atoms with Crippen molar-refractivity contribution in [2.45, 2.75) is 26.2 Å². The molecule has 3 amide bonds. The van der Waals surface area contributed by atoms with Crippen LogP contribution in [0.2, 0.25) is 0 Å². The second kappa shape index (κ2) is 8.37. The Hall–Kier alpha value is -1.79. The van der Waals surface area contributed by atoms with Crippen LogP contribution < -0.4 is 11.1 Å². The summed E-state index contributed by atoms with van der Waals surface area (Å²) in [5.41, 5.74) is 4.94. The number of hydrogen-bond acceptors (Lipinski definition) is 3. The average Bonchev–Trinajstić information content (AvgIpc) is 2.22. The van der Waals surface area contributed by atoms with Gasteiger partial charge in [-0.1, -0.05) is 6.92 Å². The van der Waals surface area contributed by atoms with E-state index in [-0.39, 0.29) is 13.0 Å². The molecule has 0 heterocycles. The fraction of sp³-hybridized carbons (Fsp3) is 0.700. The zero-order valence-electron chi connectivity index (χ0n) is 9.94. The van der Waals surface area contributed by atoms with Crippen LogP contribution in [-0.4, -0.2) is 47.5 Å². The highest BCUT2D eigenvalue weighted by Gasteiger charge is 2.14. The summed E-state index contributed by atoms with van der Waals surface area (Å²) >= 11 is 0. The van der Waals surface area contributed by atoms with Crippen LogP contribution in [0.25, 0.3) is 0 Å². The van der Waals surface area contributed by atoms with Crippen LogP contribution in [0.15, 0.2) is 0 Å². The Balaban J connectivity index is 3.96. The summed E-state index contributed by atoms with van der Waals surface area (Å²) in [7, 11) is 0. The number of nitrogens with one attached hydrogen (secondary N) is 1. The Morgan fingerprint density at radius 3 is 2.47 bits per heavy atom. The van der Waals surface area contributed by atoms with Gasteiger partial charge in [-0.15, -0.1) is 0 Å². The third kappa shape index (κ3) is 8.06. The third-order valence-electron chi connectivity index (χ3n) is 1.98. The number of rotatable bonds is 8. The van der Waals surface area contributed by atoms with Crippen LogP contribution in [0, 0.1) is 0 Å². The number of nitrogens with two attached hydrogens (primary N) is 1. The Kier molecular flexibility index (Phi) is 7.49. The lowest BCUT2D eigenvalue weighted by molar-refractivity contribution is -0.137. The van der Waals surface area contributed by atoms with Crippen molar-refractivity contribution >= 4 is 17.9 Å². The van der Waals surface area contributed by atoms with E-state index in [2.05, 4.69) is 5.32 Å². The van der Waals surface area contributed by atoms with Gasteiger partial charge < -0.3 is 21.1 Å². The molecule has 0 aromatic rings. The van der Waals surface area contributed by atoms with Crippen molar-refractivity contribution in [3.63, 3.8) is 0 Å². The number of carboxylic acid groups (broad SMARTS) is 1. The minimum atomic E-state index is -1.05. The molecule has 0 unspecified atom stereocenters. The van der Waals surface area contributed by atoms with E-state index in [1.807, 2.05) is 6.92 Å². The summed E-state index contributed by atoms with van der Waals surface area (Å²) < 4.78 is 0. The first-order valence-corrected chi connectivity index (χ1v) is 5.50. The number of primary amides is 1. The summed E-state index contributed by atoms with van der Waals surface area (Å²) in [6, 6.07) is -0.432. The molecular weight excluding hydrogens is 226 g/mol. The highest BCUT2D eigenvalue weighted by atomic mass is 16.4. The molecule has 0 saturated carbocycles. The number of hydrogen-bond donors (Lipinski definition) is 3. The van der Waals surface area contributed by atoms with Gasteiger partial charge in [0.05, 0.1) is 0 Å². The SMILES string of the molecule is CCCN(CC(=O)O)C(=O)NCCCC(N)=O. The predicted molar refractivity (Wildman–Crippen MR) is 61.3 cm³/mol. The van der Waals surface area contributed by atoms with Gasteiger partial charge in [-0.25, -0.2) is 4.79 Å². The Morgan fingerprint density at radius 2 is 2.00 bits per heavy atom. The second-order valence-electron chi connectivity index (χ2n) is 3.62. The molecule has 0 bridgehead atoms. The van der Waals surface area contributed by atoms with Crippen molar-refractivity contribution in [2.24, 2.45) is 5.73 Å². The lowest BCUT2D eigenvalue weighted by Gasteiger charge is -2.20. The number of carbonyl (C=O) groups is 3. The zero-order valence-corrected chi connectivity index (χ0v) is 9.94. The maximum absolute atomic E-state index is 11.5. The summed E-state index contributed by atoms with van der Waals surface area (Å²) in [5, 5.41) is 11.2. The molecule has 98 valence electrons. The van der Waals surface area contributed by atoms with Gasteiger partial charge in [-0.05, 0) is 12.8 Å². The minimum Gasteiger partial charge on any atom is -0.480 e. The molecule has 0 atom stereocenters. The lowest BCUT2D eigenvalue weighted by atomic mass is 10.3. The molecule has 7 nitrogen and oxygen atoms in total. The van der Waals surface area contributed by atoms with Crippen molar-refractivity contribution in [3.8, 4) is 0 Å². The van der Waals surface area contributed by atoms with E-state index in [9.17, 15) is 14.4 Å². The van der Waals surface area contributed by atoms with Crippen molar-refractivity contribution < 1.29 is 19.5 Å². The zero-order chi connectivity index (χ0) is 13.3. The van der Waals surface area contributed by atoms with Gasteiger partial charge in [0.15, 0.2) is 0 Å². The Labute approximate surface area is 100.0 Å². The third-order valence-corrected chi connectivity index (χ3v) is 1.98. The molecule has 0 fully saturated rings. The average molecular weight is 245 g/mol. The lowest BCUT2D eigenvalue weighted by Crippen LogP contribution is -2.43. The van der Waals surface area contributed by atoms with Crippen LogP contribution in [0.4, 0.5) is 4.79 Å².